The first-order valence-electron chi connectivity index (χ1n) is 7.13. The Labute approximate surface area is 124 Å². The summed E-state index contributed by atoms with van der Waals surface area (Å²) in [6, 6.07) is 4.17. The Balaban J connectivity index is 2.16. The zero-order chi connectivity index (χ0) is 15.6. The molecule has 0 aromatic heterocycles. The van der Waals surface area contributed by atoms with Gasteiger partial charge >= 0.3 is 0 Å². The van der Waals surface area contributed by atoms with Gasteiger partial charge in [0, 0.05) is 24.7 Å². The van der Waals surface area contributed by atoms with Crippen LogP contribution in [0.1, 0.15) is 43.5 Å². The summed E-state index contributed by atoms with van der Waals surface area (Å²) in [6.45, 7) is 5.86. The van der Waals surface area contributed by atoms with Crippen LogP contribution in [0.4, 0.5) is 11.4 Å². The zero-order valence-electron chi connectivity index (χ0n) is 12.5. The average molecular weight is 291 g/mol. The molecule has 2 N–H and O–H groups in total. The summed E-state index contributed by atoms with van der Waals surface area (Å²) >= 11 is 0. The Morgan fingerprint density at radius 2 is 2.05 bits per heavy atom. The lowest BCUT2D eigenvalue weighted by molar-refractivity contribution is -0.383. The van der Waals surface area contributed by atoms with Crippen LogP contribution in [0.5, 0.6) is 0 Å². The van der Waals surface area contributed by atoms with Crippen molar-refractivity contribution in [3.8, 4) is 0 Å². The highest BCUT2D eigenvalue weighted by Gasteiger charge is 2.26. The normalized spacial score (nSPS) is 18.1. The molecule has 6 nitrogen and oxygen atoms in total. The second-order valence-electron chi connectivity index (χ2n) is 6.34. The van der Waals surface area contributed by atoms with Crippen LogP contribution in [0.25, 0.3) is 0 Å². The van der Waals surface area contributed by atoms with Crippen molar-refractivity contribution in [2.45, 2.75) is 33.1 Å². The molecule has 0 radical (unpaired) electrons. The number of rotatable bonds is 2. The molecule has 0 spiro atoms. The number of nitrogens with two attached hydrogens (primary N) is 1. The van der Waals surface area contributed by atoms with E-state index in [1.54, 1.807) is 0 Å². The van der Waals surface area contributed by atoms with Crippen LogP contribution in [0, 0.1) is 15.5 Å². The van der Waals surface area contributed by atoms with Gasteiger partial charge in [0.15, 0.2) is 0 Å². The van der Waals surface area contributed by atoms with Crippen LogP contribution >= 0.6 is 0 Å². The zero-order valence-corrected chi connectivity index (χ0v) is 12.5. The number of amides is 1. The molecule has 0 atom stereocenters. The minimum atomic E-state index is -0.544. The van der Waals surface area contributed by atoms with Crippen molar-refractivity contribution >= 4 is 17.3 Å². The Hall–Kier alpha value is -2.11. The quantitative estimate of drug-likeness (QED) is 0.515. The third kappa shape index (κ3) is 3.51. The van der Waals surface area contributed by atoms with E-state index >= 15 is 0 Å². The molecule has 1 aromatic carbocycles. The number of nitrogen functional groups attached to an aromatic ring is 1. The molecule has 0 aliphatic carbocycles. The maximum absolute atomic E-state index is 12.5. The Kier molecular flexibility index (Phi) is 4.16. The highest BCUT2D eigenvalue weighted by Crippen LogP contribution is 2.30. The molecule has 1 aromatic rings. The van der Waals surface area contributed by atoms with E-state index in [1.807, 2.05) is 4.90 Å². The predicted octanol–water partition coefficient (Wildman–Crippen LogP) is 2.83. The minimum Gasteiger partial charge on any atom is -0.393 e. The lowest BCUT2D eigenvalue weighted by atomic mass is 9.85. The second-order valence-corrected chi connectivity index (χ2v) is 6.34. The molecule has 1 aliphatic heterocycles. The van der Waals surface area contributed by atoms with Gasteiger partial charge in [-0.3, -0.25) is 14.9 Å². The molecule has 1 heterocycles. The minimum absolute atomic E-state index is 0.0287. The molecule has 1 saturated heterocycles. The number of carbonyl (C=O) groups is 1. The van der Waals surface area contributed by atoms with Gasteiger partial charge in [-0.25, -0.2) is 0 Å². The number of anilines is 1. The molecule has 2 rings (SSSR count). The van der Waals surface area contributed by atoms with E-state index in [4.69, 9.17) is 5.73 Å². The lowest BCUT2D eigenvalue weighted by Crippen LogP contribution is -2.32. The fourth-order valence-electron chi connectivity index (χ4n) is 2.66. The van der Waals surface area contributed by atoms with Crippen molar-refractivity contribution in [1.82, 2.24) is 4.90 Å². The van der Waals surface area contributed by atoms with Crippen LogP contribution in [0.3, 0.4) is 0 Å². The fraction of sp³-hybridized carbons (Fsp3) is 0.533. The van der Waals surface area contributed by atoms with E-state index in [0.717, 1.165) is 25.8 Å². The van der Waals surface area contributed by atoms with Crippen molar-refractivity contribution < 1.29 is 9.72 Å². The molecule has 21 heavy (non-hydrogen) atoms. The number of benzene rings is 1. The van der Waals surface area contributed by atoms with Crippen molar-refractivity contribution in [2.75, 3.05) is 18.8 Å². The first-order chi connectivity index (χ1) is 9.80. The van der Waals surface area contributed by atoms with E-state index in [1.165, 1.54) is 18.2 Å². The summed E-state index contributed by atoms with van der Waals surface area (Å²) in [5.41, 5.74) is 6.18. The van der Waals surface area contributed by atoms with Gasteiger partial charge in [0.2, 0.25) is 0 Å². The number of nitrogens with zero attached hydrogens (tertiary/aromatic N) is 2. The summed E-state index contributed by atoms with van der Waals surface area (Å²) in [4.78, 5) is 24.5. The largest absolute Gasteiger partial charge is 0.393 e. The Bertz CT molecular complexity index is 569. The summed E-state index contributed by atoms with van der Waals surface area (Å²) in [7, 11) is 0. The molecule has 0 saturated carbocycles. The Morgan fingerprint density at radius 3 is 2.67 bits per heavy atom. The van der Waals surface area contributed by atoms with Gasteiger partial charge in [0.05, 0.1) is 4.92 Å². The van der Waals surface area contributed by atoms with Crippen molar-refractivity contribution in [3.05, 3.63) is 33.9 Å². The summed E-state index contributed by atoms with van der Waals surface area (Å²) < 4.78 is 0. The maximum Gasteiger partial charge on any atom is 0.292 e. The summed E-state index contributed by atoms with van der Waals surface area (Å²) in [5, 5.41) is 10.8. The van der Waals surface area contributed by atoms with Gasteiger partial charge in [-0.2, -0.15) is 0 Å². The third-order valence-electron chi connectivity index (χ3n) is 4.10. The van der Waals surface area contributed by atoms with Gasteiger partial charge in [-0.05, 0) is 36.8 Å². The van der Waals surface area contributed by atoms with Crippen LogP contribution in [0.15, 0.2) is 18.2 Å². The third-order valence-corrected chi connectivity index (χ3v) is 4.10. The first-order valence-corrected chi connectivity index (χ1v) is 7.13. The molecule has 1 aliphatic rings. The smallest absolute Gasteiger partial charge is 0.292 e. The summed E-state index contributed by atoms with van der Waals surface area (Å²) in [6.07, 6.45) is 3.03. The first kappa shape index (κ1) is 15.3. The number of likely N-dealkylation sites (tertiary alicyclic amines) is 1. The highest BCUT2D eigenvalue weighted by atomic mass is 16.6. The van der Waals surface area contributed by atoms with E-state index < -0.39 is 4.92 Å². The average Bonchev–Trinajstić information content (AvgIpc) is 2.58. The van der Waals surface area contributed by atoms with Gasteiger partial charge in [0.1, 0.15) is 5.69 Å². The molecule has 1 amide bonds. The van der Waals surface area contributed by atoms with Gasteiger partial charge < -0.3 is 10.6 Å². The van der Waals surface area contributed by atoms with Gasteiger partial charge in [-0.1, -0.05) is 13.8 Å². The van der Waals surface area contributed by atoms with Crippen LogP contribution in [-0.2, 0) is 0 Å². The number of hydrogen-bond acceptors (Lipinski definition) is 4. The van der Waals surface area contributed by atoms with E-state index in [9.17, 15) is 14.9 Å². The molecule has 114 valence electrons. The van der Waals surface area contributed by atoms with Crippen molar-refractivity contribution in [2.24, 2.45) is 5.41 Å². The monoisotopic (exact) mass is 291 g/mol. The highest BCUT2D eigenvalue weighted by molar-refractivity contribution is 5.95. The lowest BCUT2D eigenvalue weighted by Gasteiger charge is -2.23. The number of nitro benzene ring substituents is 1. The Morgan fingerprint density at radius 1 is 1.33 bits per heavy atom. The van der Waals surface area contributed by atoms with Crippen LogP contribution in [0.2, 0.25) is 0 Å². The van der Waals surface area contributed by atoms with Crippen LogP contribution in [-0.4, -0.2) is 28.8 Å². The van der Waals surface area contributed by atoms with Gasteiger partial charge in [-0.15, -0.1) is 0 Å². The molecular formula is C15H21N3O3. The molecule has 0 bridgehead atoms. The van der Waals surface area contributed by atoms with E-state index in [-0.39, 0.29) is 22.7 Å². The number of carbonyl (C=O) groups excluding carboxylic acids is 1. The van der Waals surface area contributed by atoms with Crippen molar-refractivity contribution in [1.29, 1.82) is 0 Å². The molecular weight excluding hydrogens is 270 g/mol. The number of nitro groups is 1. The molecule has 6 heteroatoms. The van der Waals surface area contributed by atoms with Crippen molar-refractivity contribution in [3.63, 3.8) is 0 Å². The van der Waals surface area contributed by atoms with E-state index in [0.29, 0.717) is 12.1 Å². The summed E-state index contributed by atoms with van der Waals surface area (Å²) in [5.74, 6) is -0.103. The SMILES string of the molecule is CC1(C)CCCN(C(=O)c2ccc([N+](=O)[O-])c(N)c2)CC1. The maximum atomic E-state index is 12.5. The second kappa shape index (κ2) is 5.71. The molecule has 0 unspecified atom stereocenters. The predicted molar refractivity (Wildman–Crippen MR) is 81.0 cm³/mol. The van der Waals surface area contributed by atoms with E-state index in [2.05, 4.69) is 13.8 Å². The topological polar surface area (TPSA) is 89.5 Å². The van der Waals surface area contributed by atoms with Crippen LogP contribution < -0.4 is 5.73 Å². The molecule has 1 fully saturated rings. The number of hydrogen-bond donors (Lipinski definition) is 1. The van der Waals surface area contributed by atoms with Gasteiger partial charge in [0.25, 0.3) is 11.6 Å². The standard InChI is InChI=1S/C15H21N3O3/c1-15(2)6-3-8-17(9-7-15)14(19)11-4-5-13(18(20)21)12(16)10-11/h4-5,10H,3,6-9,16H2,1-2H3. The fourth-order valence-corrected chi connectivity index (χ4v) is 2.66.